The molecule has 29 heavy (non-hydrogen) atoms. The molecule has 1 fully saturated rings. The van der Waals surface area contributed by atoms with Gasteiger partial charge in [0.1, 0.15) is 12.1 Å². The lowest BCUT2D eigenvalue weighted by Gasteiger charge is -2.22. The van der Waals surface area contributed by atoms with Gasteiger partial charge >= 0.3 is 6.03 Å². The van der Waals surface area contributed by atoms with E-state index in [2.05, 4.69) is 17.6 Å². The topological polar surface area (TPSA) is 78.5 Å². The van der Waals surface area contributed by atoms with E-state index < -0.39 is 23.4 Å². The van der Waals surface area contributed by atoms with Gasteiger partial charge in [0.2, 0.25) is 5.91 Å². The van der Waals surface area contributed by atoms with E-state index in [0.29, 0.717) is 11.3 Å². The number of aryl methyl sites for hydroxylation is 2. The van der Waals surface area contributed by atoms with Gasteiger partial charge in [0, 0.05) is 5.69 Å². The molecule has 1 aliphatic rings. The van der Waals surface area contributed by atoms with Crippen molar-refractivity contribution in [1.29, 1.82) is 0 Å². The second-order valence-electron chi connectivity index (χ2n) is 7.66. The number of hydrogen-bond acceptors (Lipinski definition) is 3. The minimum atomic E-state index is -1.17. The lowest BCUT2D eigenvalue weighted by molar-refractivity contribution is -0.133. The summed E-state index contributed by atoms with van der Waals surface area (Å²) in [5.41, 5.74) is 2.43. The Balaban J connectivity index is 1.65. The van der Waals surface area contributed by atoms with E-state index in [1.165, 1.54) is 5.56 Å². The maximum absolute atomic E-state index is 12.9. The van der Waals surface area contributed by atoms with Crippen LogP contribution in [0.15, 0.2) is 48.5 Å². The van der Waals surface area contributed by atoms with Gasteiger partial charge < -0.3 is 10.6 Å². The molecule has 6 nitrogen and oxygen atoms in total. The molecule has 2 N–H and O–H groups in total. The fraction of sp³-hybridized carbons (Fsp3) is 0.348. The Hall–Kier alpha value is -3.15. The van der Waals surface area contributed by atoms with Crippen molar-refractivity contribution < 1.29 is 14.4 Å². The van der Waals surface area contributed by atoms with Gasteiger partial charge in [0.25, 0.3) is 5.91 Å². The van der Waals surface area contributed by atoms with Crippen LogP contribution in [0.5, 0.6) is 0 Å². The summed E-state index contributed by atoms with van der Waals surface area (Å²) in [6.45, 7) is 5.43. The summed E-state index contributed by atoms with van der Waals surface area (Å²) < 4.78 is 0. The van der Waals surface area contributed by atoms with Crippen LogP contribution in [0.3, 0.4) is 0 Å². The molecule has 2 aromatic rings. The van der Waals surface area contributed by atoms with Crippen molar-refractivity contribution in [3.8, 4) is 0 Å². The summed E-state index contributed by atoms with van der Waals surface area (Å²) >= 11 is 0. The summed E-state index contributed by atoms with van der Waals surface area (Å²) in [5.74, 6) is -0.848. The first-order valence-corrected chi connectivity index (χ1v) is 9.93. The van der Waals surface area contributed by atoms with Crippen molar-refractivity contribution in [2.24, 2.45) is 0 Å². The number of hydrogen-bond donors (Lipinski definition) is 2. The average molecular weight is 393 g/mol. The molecule has 1 atom stereocenters. The summed E-state index contributed by atoms with van der Waals surface area (Å²) in [6, 6.07) is 14.5. The van der Waals surface area contributed by atoms with Crippen molar-refractivity contribution in [2.75, 3.05) is 11.9 Å². The Kier molecular flexibility index (Phi) is 6.01. The minimum Gasteiger partial charge on any atom is -0.325 e. The van der Waals surface area contributed by atoms with Gasteiger partial charge in [-0.05, 0) is 49.9 Å². The number of carbonyl (C=O) groups excluding carboxylic acids is 3. The fourth-order valence-electron chi connectivity index (χ4n) is 3.40. The zero-order valence-electron chi connectivity index (χ0n) is 17.1. The van der Waals surface area contributed by atoms with Crippen molar-refractivity contribution in [1.82, 2.24) is 10.2 Å². The van der Waals surface area contributed by atoms with Crippen molar-refractivity contribution in [2.45, 2.75) is 45.6 Å². The third-order valence-electron chi connectivity index (χ3n) is 5.26. The quantitative estimate of drug-likeness (QED) is 0.704. The van der Waals surface area contributed by atoms with E-state index in [4.69, 9.17) is 0 Å². The molecule has 0 unspecified atom stereocenters. The molecular formula is C23H27N3O3. The summed E-state index contributed by atoms with van der Waals surface area (Å²) in [6.07, 6.45) is 3.26. The Labute approximate surface area is 171 Å². The van der Waals surface area contributed by atoms with Crippen LogP contribution in [0.25, 0.3) is 0 Å². The van der Waals surface area contributed by atoms with Crippen molar-refractivity contribution in [3.63, 3.8) is 0 Å². The predicted octanol–water partition coefficient (Wildman–Crippen LogP) is 3.74. The Morgan fingerprint density at radius 1 is 1.07 bits per heavy atom. The Morgan fingerprint density at radius 2 is 1.72 bits per heavy atom. The van der Waals surface area contributed by atoms with Crippen LogP contribution >= 0.6 is 0 Å². The molecule has 0 spiro atoms. The van der Waals surface area contributed by atoms with Crippen LogP contribution in [0, 0.1) is 6.92 Å². The molecule has 0 aliphatic carbocycles. The molecule has 1 saturated heterocycles. The molecular weight excluding hydrogens is 366 g/mol. The van der Waals surface area contributed by atoms with Gasteiger partial charge in [-0.15, -0.1) is 0 Å². The number of imide groups is 1. The second kappa shape index (κ2) is 8.47. The summed E-state index contributed by atoms with van der Waals surface area (Å²) in [7, 11) is 0. The SMILES string of the molecule is CCCCc1ccc(NC(=O)CN2C(=O)N[C@@](C)(c3ccc(C)cc3)C2=O)cc1. The van der Waals surface area contributed by atoms with E-state index in [1.807, 2.05) is 55.5 Å². The molecule has 0 radical (unpaired) electrons. The summed E-state index contributed by atoms with van der Waals surface area (Å²) in [4.78, 5) is 38.7. The normalized spacial score (nSPS) is 18.7. The molecule has 1 heterocycles. The molecule has 0 aromatic heterocycles. The van der Waals surface area contributed by atoms with Crippen LogP contribution in [0.1, 0.15) is 43.4 Å². The lowest BCUT2D eigenvalue weighted by Crippen LogP contribution is -2.42. The van der Waals surface area contributed by atoms with Gasteiger partial charge in [-0.2, -0.15) is 0 Å². The average Bonchev–Trinajstić information content (AvgIpc) is 2.92. The smallest absolute Gasteiger partial charge is 0.325 e. The highest BCUT2D eigenvalue weighted by Gasteiger charge is 2.49. The van der Waals surface area contributed by atoms with Crippen LogP contribution in [-0.2, 0) is 21.5 Å². The molecule has 4 amide bonds. The van der Waals surface area contributed by atoms with Gasteiger partial charge in [-0.1, -0.05) is 55.3 Å². The largest absolute Gasteiger partial charge is 0.325 e. The van der Waals surface area contributed by atoms with Gasteiger partial charge in [-0.25, -0.2) is 4.79 Å². The molecule has 152 valence electrons. The highest BCUT2D eigenvalue weighted by atomic mass is 16.2. The second-order valence-corrected chi connectivity index (χ2v) is 7.66. The maximum Gasteiger partial charge on any atom is 0.325 e. The lowest BCUT2D eigenvalue weighted by atomic mass is 9.91. The van der Waals surface area contributed by atoms with Gasteiger partial charge in [0.15, 0.2) is 0 Å². The number of nitrogens with zero attached hydrogens (tertiary/aromatic N) is 1. The molecule has 2 aromatic carbocycles. The third kappa shape index (κ3) is 4.47. The molecule has 1 aliphatic heterocycles. The minimum absolute atomic E-state index is 0.330. The fourth-order valence-corrected chi connectivity index (χ4v) is 3.40. The van der Waals surface area contributed by atoms with E-state index in [0.717, 1.165) is 29.7 Å². The number of anilines is 1. The Morgan fingerprint density at radius 3 is 2.34 bits per heavy atom. The zero-order valence-corrected chi connectivity index (χ0v) is 17.1. The number of urea groups is 1. The highest BCUT2D eigenvalue weighted by molar-refractivity contribution is 6.10. The number of benzene rings is 2. The number of nitrogens with one attached hydrogen (secondary N) is 2. The zero-order chi connectivity index (χ0) is 21.0. The number of rotatable bonds is 7. The van der Waals surface area contributed by atoms with Gasteiger partial charge in [-0.3, -0.25) is 14.5 Å². The van der Waals surface area contributed by atoms with Crippen LogP contribution < -0.4 is 10.6 Å². The van der Waals surface area contributed by atoms with Crippen LogP contribution in [-0.4, -0.2) is 29.3 Å². The van der Waals surface area contributed by atoms with Crippen LogP contribution in [0.4, 0.5) is 10.5 Å². The predicted molar refractivity (Wildman–Crippen MR) is 112 cm³/mol. The first kappa shape index (κ1) is 20.6. The first-order chi connectivity index (χ1) is 13.8. The standard InChI is InChI=1S/C23H27N3O3/c1-4-5-6-17-9-13-19(14-10-17)24-20(27)15-26-21(28)23(3,25-22(26)29)18-11-7-16(2)8-12-18/h7-14H,4-6,15H2,1-3H3,(H,24,27)(H,25,29)/t23-/m0/s1. The third-order valence-corrected chi connectivity index (χ3v) is 5.26. The summed E-state index contributed by atoms with van der Waals surface area (Å²) in [5, 5.41) is 5.47. The van der Waals surface area contributed by atoms with E-state index in [-0.39, 0.29) is 6.54 Å². The van der Waals surface area contributed by atoms with E-state index >= 15 is 0 Å². The molecule has 0 bridgehead atoms. The van der Waals surface area contributed by atoms with Crippen molar-refractivity contribution in [3.05, 3.63) is 65.2 Å². The number of amides is 4. The number of carbonyl (C=O) groups is 3. The molecule has 3 rings (SSSR count). The number of unbranched alkanes of at least 4 members (excludes halogenated alkanes) is 1. The molecule has 6 heteroatoms. The van der Waals surface area contributed by atoms with Gasteiger partial charge in [0.05, 0.1) is 0 Å². The maximum atomic E-state index is 12.9. The van der Waals surface area contributed by atoms with Crippen LogP contribution in [0.2, 0.25) is 0 Å². The highest BCUT2D eigenvalue weighted by Crippen LogP contribution is 2.29. The van der Waals surface area contributed by atoms with E-state index in [9.17, 15) is 14.4 Å². The van der Waals surface area contributed by atoms with Crippen molar-refractivity contribution >= 4 is 23.5 Å². The van der Waals surface area contributed by atoms with E-state index in [1.54, 1.807) is 6.92 Å². The molecule has 0 saturated carbocycles. The monoisotopic (exact) mass is 393 g/mol. The Bertz CT molecular complexity index is 906. The first-order valence-electron chi connectivity index (χ1n) is 9.93.